The van der Waals surface area contributed by atoms with Gasteiger partial charge in [0.25, 0.3) is 0 Å². The molecule has 0 atom stereocenters. The van der Waals surface area contributed by atoms with Gasteiger partial charge in [0.1, 0.15) is 0 Å². The molecule has 1 aromatic carbocycles. The van der Waals surface area contributed by atoms with Gasteiger partial charge in [-0.1, -0.05) is 49.2 Å². The fraction of sp³-hybridized carbons (Fsp3) is 0.591. The molecule has 1 saturated carbocycles. The molecular weight excluding hydrogens is 384 g/mol. The maximum Gasteiger partial charge on any atom is 0.242 e. The molecule has 0 radical (unpaired) electrons. The molecule has 1 aliphatic heterocycles. The van der Waals surface area contributed by atoms with Crippen LogP contribution in [0.15, 0.2) is 24.3 Å². The van der Waals surface area contributed by atoms with E-state index in [0.29, 0.717) is 13.0 Å². The second kappa shape index (κ2) is 9.22. The van der Waals surface area contributed by atoms with Gasteiger partial charge in [0.15, 0.2) is 5.13 Å². The summed E-state index contributed by atoms with van der Waals surface area (Å²) in [7, 11) is 1.79. The number of rotatable bonds is 6. The lowest BCUT2D eigenvalue weighted by atomic mass is 10.0. The van der Waals surface area contributed by atoms with E-state index in [1.165, 1.54) is 37.0 Å². The van der Waals surface area contributed by atoms with Gasteiger partial charge in [0, 0.05) is 39.6 Å². The molecule has 2 aliphatic rings. The molecule has 1 saturated heterocycles. The van der Waals surface area contributed by atoms with Gasteiger partial charge < -0.3 is 4.90 Å². The van der Waals surface area contributed by atoms with Crippen molar-refractivity contribution in [3.05, 3.63) is 24.3 Å². The van der Waals surface area contributed by atoms with Gasteiger partial charge in [-0.2, -0.15) is 0 Å². The molecule has 0 spiro atoms. The van der Waals surface area contributed by atoms with Crippen LogP contribution in [0.25, 0.3) is 10.2 Å². The topological polar surface area (TPSA) is 56.8 Å². The normalized spacial score (nSPS) is 18.4. The number of para-hydroxylation sites is 1. The summed E-state index contributed by atoms with van der Waals surface area (Å²) in [5, 5.41) is 0.733. The summed E-state index contributed by atoms with van der Waals surface area (Å²) in [4.78, 5) is 35.6. The van der Waals surface area contributed by atoms with Crippen LogP contribution >= 0.6 is 11.3 Å². The number of amides is 2. The third-order valence-electron chi connectivity index (χ3n) is 6.27. The van der Waals surface area contributed by atoms with Crippen LogP contribution in [-0.4, -0.2) is 66.4 Å². The summed E-state index contributed by atoms with van der Waals surface area (Å²) in [5.41, 5.74) is 0.928. The van der Waals surface area contributed by atoms with Gasteiger partial charge in [-0.25, -0.2) is 4.98 Å². The first kappa shape index (κ1) is 20.3. The minimum atomic E-state index is 0.0464. The van der Waals surface area contributed by atoms with E-state index in [1.54, 1.807) is 11.9 Å². The quantitative estimate of drug-likeness (QED) is 0.727. The fourth-order valence-corrected chi connectivity index (χ4v) is 5.29. The van der Waals surface area contributed by atoms with Crippen LogP contribution < -0.4 is 4.90 Å². The van der Waals surface area contributed by atoms with Crippen molar-refractivity contribution >= 4 is 38.5 Å². The summed E-state index contributed by atoms with van der Waals surface area (Å²) in [6.45, 7) is 3.34. The molecule has 1 aromatic heterocycles. The molecule has 0 bridgehead atoms. The van der Waals surface area contributed by atoms with Crippen LogP contribution in [0.3, 0.4) is 0 Å². The lowest BCUT2D eigenvalue weighted by Crippen LogP contribution is -2.51. The van der Waals surface area contributed by atoms with Gasteiger partial charge in [0.05, 0.1) is 16.8 Å². The number of benzene rings is 1. The predicted molar refractivity (Wildman–Crippen MR) is 117 cm³/mol. The van der Waals surface area contributed by atoms with Gasteiger partial charge in [0.2, 0.25) is 11.8 Å². The predicted octanol–water partition coefficient (Wildman–Crippen LogP) is 3.37. The summed E-state index contributed by atoms with van der Waals surface area (Å²) < 4.78 is 1.09. The van der Waals surface area contributed by atoms with E-state index in [1.807, 2.05) is 29.2 Å². The number of carbonyl (C=O) groups is 2. The molecule has 2 aromatic rings. The Morgan fingerprint density at radius 3 is 2.59 bits per heavy atom. The van der Waals surface area contributed by atoms with Crippen molar-refractivity contribution in [2.75, 3.05) is 44.7 Å². The molecule has 0 N–H and O–H groups in total. The van der Waals surface area contributed by atoms with Crippen LogP contribution in [0.4, 0.5) is 5.13 Å². The molecule has 2 amide bonds. The van der Waals surface area contributed by atoms with Crippen LogP contribution in [0.1, 0.15) is 38.5 Å². The van der Waals surface area contributed by atoms with E-state index in [9.17, 15) is 9.59 Å². The Balaban J connectivity index is 1.23. The molecule has 156 valence electrons. The van der Waals surface area contributed by atoms with E-state index in [-0.39, 0.29) is 11.8 Å². The zero-order chi connectivity index (χ0) is 20.2. The zero-order valence-corrected chi connectivity index (χ0v) is 18.0. The van der Waals surface area contributed by atoms with Crippen molar-refractivity contribution in [3.63, 3.8) is 0 Å². The first-order valence-corrected chi connectivity index (χ1v) is 11.5. The molecule has 7 heteroatoms. The largest absolute Gasteiger partial charge is 0.340 e. The minimum Gasteiger partial charge on any atom is -0.340 e. The highest BCUT2D eigenvalue weighted by atomic mass is 32.1. The zero-order valence-electron chi connectivity index (χ0n) is 17.2. The van der Waals surface area contributed by atoms with Gasteiger partial charge in [-0.05, 0) is 24.5 Å². The van der Waals surface area contributed by atoms with E-state index >= 15 is 0 Å². The number of carbonyl (C=O) groups excluding carboxylic acids is 2. The summed E-state index contributed by atoms with van der Waals surface area (Å²) in [5.74, 6) is 1.09. The Hall–Kier alpha value is -1.99. The third kappa shape index (κ3) is 4.95. The molecular formula is C22H30N4O2S. The van der Waals surface area contributed by atoms with Crippen LogP contribution in [0, 0.1) is 5.92 Å². The smallest absolute Gasteiger partial charge is 0.242 e. The Labute approximate surface area is 176 Å². The number of piperazine rings is 1. The minimum absolute atomic E-state index is 0.0464. The molecule has 29 heavy (non-hydrogen) atoms. The number of fused-ring (bicyclic) bond motifs is 1. The van der Waals surface area contributed by atoms with Crippen molar-refractivity contribution in [1.82, 2.24) is 14.8 Å². The van der Waals surface area contributed by atoms with Gasteiger partial charge in [-0.15, -0.1) is 0 Å². The average Bonchev–Trinajstić information content (AvgIpc) is 3.41. The third-order valence-corrected chi connectivity index (χ3v) is 7.38. The molecule has 0 unspecified atom stereocenters. The van der Waals surface area contributed by atoms with E-state index in [0.717, 1.165) is 53.9 Å². The highest BCUT2D eigenvalue weighted by molar-refractivity contribution is 7.22. The monoisotopic (exact) mass is 414 g/mol. The summed E-state index contributed by atoms with van der Waals surface area (Å²) in [6, 6.07) is 7.94. The molecule has 1 aliphatic carbocycles. The van der Waals surface area contributed by atoms with Crippen molar-refractivity contribution in [3.8, 4) is 0 Å². The number of anilines is 1. The van der Waals surface area contributed by atoms with E-state index < -0.39 is 0 Å². The van der Waals surface area contributed by atoms with Crippen LogP contribution in [0.5, 0.6) is 0 Å². The number of hydrogen-bond acceptors (Lipinski definition) is 5. The van der Waals surface area contributed by atoms with Gasteiger partial charge >= 0.3 is 0 Å². The molecule has 2 fully saturated rings. The van der Waals surface area contributed by atoms with Crippen molar-refractivity contribution in [1.29, 1.82) is 0 Å². The highest BCUT2D eigenvalue weighted by Crippen LogP contribution is 2.29. The Morgan fingerprint density at radius 2 is 1.86 bits per heavy atom. The van der Waals surface area contributed by atoms with Gasteiger partial charge in [-0.3, -0.25) is 19.4 Å². The second-order valence-electron chi connectivity index (χ2n) is 8.26. The van der Waals surface area contributed by atoms with E-state index in [4.69, 9.17) is 0 Å². The molecule has 2 heterocycles. The first-order chi connectivity index (χ1) is 14.1. The van der Waals surface area contributed by atoms with Crippen molar-refractivity contribution < 1.29 is 9.59 Å². The fourth-order valence-electron chi connectivity index (χ4n) is 4.35. The Kier molecular flexibility index (Phi) is 6.45. The SMILES string of the molecule is CN(C(=O)CN1CCN(C(=O)CCC2CCCC2)CC1)c1nc2ccccc2s1. The van der Waals surface area contributed by atoms with Crippen LogP contribution in [-0.2, 0) is 9.59 Å². The molecule has 4 rings (SSSR count). The maximum absolute atomic E-state index is 12.7. The highest BCUT2D eigenvalue weighted by Gasteiger charge is 2.25. The van der Waals surface area contributed by atoms with Crippen molar-refractivity contribution in [2.45, 2.75) is 38.5 Å². The van der Waals surface area contributed by atoms with Crippen molar-refractivity contribution in [2.24, 2.45) is 5.92 Å². The number of likely N-dealkylation sites (N-methyl/N-ethyl adjacent to an activating group) is 1. The summed E-state index contributed by atoms with van der Waals surface area (Å²) >= 11 is 1.54. The second-order valence-corrected chi connectivity index (χ2v) is 9.27. The maximum atomic E-state index is 12.7. The van der Waals surface area contributed by atoms with Crippen LogP contribution in [0.2, 0.25) is 0 Å². The Bertz CT molecular complexity index is 820. The number of aromatic nitrogens is 1. The Morgan fingerprint density at radius 1 is 1.14 bits per heavy atom. The summed E-state index contributed by atoms with van der Waals surface area (Å²) in [6.07, 6.45) is 6.99. The standard InChI is InChI=1S/C22H30N4O2S/c1-24(22-23-18-8-4-5-9-19(18)29-22)21(28)16-25-12-14-26(15-13-25)20(27)11-10-17-6-2-3-7-17/h4-5,8-9,17H,2-3,6-7,10-16H2,1H3. The average molecular weight is 415 g/mol. The lowest BCUT2D eigenvalue weighted by molar-refractivity contribution is -0.133. The number of nitrogens with zero attached hydrogens (tertiary/aromatic N) is 4. The lowest BCUT2D eigenvalue weighted by Gasteiger charge is -2.35. The number of hydrogen-bond donors (Lipinski definition) is 0. The molecule has 6 nitrogen and oxygen atoms in total. The first-order valence-electron chi connectivity index (χ1n) is 10.7. The number of thiazole rings is 1. The van der Waals surface area contributed by atoms with E-state index in [2.05, 4.69) is 9.88 Å².